The van der Waals surface area contributed by atoms with Gasteiger partial charge in [-0.05, 0) is 61.1 Å². The Labute approximate surface area is 240 Å². The van der Waals surface area contributed by atoms with Crippen LogP contribution in [0, 0.1) is 11.6 Å². The average molecular weight is 561 g/mol. The lowest BCUT2D eigenvalue weighted by atomic mass is 9.96. The van der Waals surface area contributed by atoms with E-state index in [1.54, 1.807) is 6.92 Å². The SMILES string of the molecule is C[C@H](N)C(=O)N[C@@H](Cc1ccc(F)c(F)c1)C(=O)N1C[C@@H](c2ccccc2)C[C@H]1CN1CC[C@@H](c2ccccc2)C1. The van der Waals surface area contributed by atoms with Crippen LogP contribution in [0.1, 0.15) is 48.3 Å². The number of amides is 2. The Bertz CT molecular complexity index is 1340. The number of carbonyl (C=O) groups excluding carboxylic acids is 2. The van der Waals surface area contributed by atoms with Gasteiger partial charge < -0.3 is 20.9 Å². The van der Waals surface area contributed by atoms with Gasteiger partial charge in [-0.3, -0.25) is 9.59 Å². The molecule has 3 aromatic carbocycles. The third kappa shape index (κ3) is 7.00. The number of benzene rings is 3. The number of nitrogens with one attached hydrogen (secondary N) is 1. The second kappa shape index (κ2) is 12.9. The first-order valence-electron chi connectivity index (χ1n) is 14.4. The van der Waals surface area contributed by atoms with Crippen molar-refractivity contribution < 1.29 is 18.4 Å². The standard InChI is InChI=1S/C33H38F2N4O2/c1-22(36)32(40)37-31(17-23-12-13-29(34)30(35)16-23)33(41)39-20-27(25-10-6-3-7-11-25)18-28(39)21-38-15-14-26(19-38)24-8-4-2-5-9-24/h2-13,16,22,26-28,31H,14-15,17-21,36H2,1H3,(H,37,40)/t22-,26+,27-,28-,31-/m0/s1. The number of halogens is 2. The molecule has 2 fully saturated rings. The van der Waals surface area contributed by atoms with Crippen LogP contribution in [0.2, 0.25) is 0 Å². The van der Waals surface area contributed by atoms with Crippen LogP contribution in [-0.4, -0.2) is 65.9 Å². The Kier molecular flexibility index (Phi) is 9.10. The van der Waals surface area contributed by atoms with E-state index in [0.717, 1.165) is 44.6 Å². The summed E-state index contributed by atoms with van der Waals surface area (Å²) in [7, 11) is 0. The quantitative estimate of drug-likeness (QED) is 0.411. The highest BCUT2D eigenvalue weighted by molar-refractivity contribution is 5.90. The van der Waals surface area contributed by atoms with Gasteiger partial charge in [-0.1, -0.05) is 66.7 Å². The van der Waals surface area contributed by atoms with E-state index in [2.05, 4.69) is 46.6 Å². The molecular formula is C33H38F2N4O2. The van der Waals surface area contributed by atoms with Gasteiger partial charge in [0.05, 0.1) is 6.04 Å². The maximum absolute atomic E-state index is 14.2. The van der Waals surface area contributed by atoms with Gasteiger partial charge in [0.2, 0.25) is 11.8 Å². The summed E-state index contributed by atoms with van der Waals surface area (Å²) in [4.78, 5) is 31.2. The van der Waals surface area contributed by atoms with Gasteiger partial charge >= 0.3 is 0 Å². The fraction of sp³-hybridized carbons (Fsp3) is 0.394. The number of nitrogens with two attached hydrogens (primary N) is 1. The van der Waals surface area contributed by atoms with Gasteiger partial charge in [0.15, 0.2) is 11.6 Å². The lowest BCUT2D eigenvalue weighted by molar-refractivity contribution is -0.137. The van der Waals surface area contributed by atoms with E-state index in [1.807, 2.05) is 29.2 Å². The predicted octanol–water partition coefficient (Wildman–Crippen LogP) is 4.21. The van der Waals surface area contributed by atoms with E-state index in [-0.39, 0.29) is 24.3 Å². The van der Waals surface area contributed by atoms with Crippen LogP contribution in [0.5, 0.6) is 0 Å². The Morgan fingerprint density at radius 3 is 2.22 bits per heavy atom. The zero-order valence-electron chi connectivity index (χ0n) is 23.4. The summed E-state index contributed by atoms with van der Waals surface area (Å²) < 4.78 is 27.6. The van der Waals surface area contributed by atoms with Crippen LogP contribution in [-0.2, 0) is 16.0 Å². The number of carbonyl (C=O) groups is 2. The summed E-state index contributed by atoms with van der Waals surface area (Å²) in [6.45, 7) is 4.68. The highest BCUT2D eigenvalue weighted by atomic mass is 19.2. The fourth-order valence-corrected chi connectivity index (χ4v) is 6.23. The lowest BCUT2D eigenvalue weighted by Gasteiger charge is -2.32. The maximum Gasteiger partial charge on any atom is 0.245 e. The molecule has 0 saturated carbocycles. The first-order valence-corrected chi connectivity index (χ1v) is 14.4. The minimum atomic E-state index is -0.989. The van der Waals surface area contributed by atoms with Crippen molar-refractivity contribution >= 4 is 11.8 Å². The maximum atomic E-state index is 14.2. The van der Waals surface area contributed by atoms with Crippen LogP contribution in [0.15, 0.2) is 78.9 Å². The largest absolute Gasteiger partial charge is 0.343 e. The minimum absolute atomic E-state index is 0.0352. The highest BCUT2D eigenvalue weighted by Gasteiger charge is 2.40. The second-order valence-corrected chi connectivity index (χ2v) is 11.4. The van der Waals surface area contributed by atoms with E-state index in [1.165, 1.54) is 17.2 Å². The first-order chi connectivity index (χ1) is 19.8. The Morgan fingerprint density at radius 1 is 0.927 bits per heavy atom. The number of hydrogen-bond acceptors (Lipinski definition) is 4. The number of rotatable bonds is 9. The van der Waals surface area contributed by atoms with E-state index in [9.17, 15) is 18.4 Å². The van der Waals surface area contributed by atoms with E-state index in [0.29, 0.717) is 18.0 Å². The minimum Gasteiger partial charge on any atom is -0.343 e. The van der Waals surface area contributed by atoms with E-state index in [4.69, 9.17) is 5.73 Å². The topological polar surface area (TPSA) is 78.7 Å². The van der Waals surface area contributed by atoms with Crippen LogP contribution in [0.4, 0.5) is 8.78 Å². The van der Waals surface area contributed by atoms with Crippen molar-refractivity contribution in [3.8, 4) is 0 Å². The summed E-state index contributed by atoms with van der Waals surface area (Å²) in [5.41, 5.74) is 8.75. The van der Waals surface area contributed by atoms with Crippen molar-refractivity contribution in [2.75, 3.05) is 26.2 Å². The Hall–Kier alpha value is -3.62. The zero-order chi connectivity index (χ0) is 28.9. The number of likely N-dealkylation sites (tertiary alicyclic amines) is 2. The van der Waals surface area contributed by atoms with Crippen LogP contribution < -0.4 is 11.1 Å². The highest BCUT2D eigenvalue weighted by Crippen LogP contribution is 2.35. The van der Waals surface area contributed by atoms with Crippen molar-refractivity contribution in [1.29, 1.82) is 0 Å². The van der Waals surface area contributed by atoms with Crippen molar-refractivity contribution in [2.45, 2.75) is 56.1 Å². The molecule has 0 aromatic heterocycles. The molecule has 5 atom stereocenters. The summed E-state index contributed by atoms with van der Waals surface area (Å²) >= 11 is 0. The van der Waals surface area contributed by atoms with Gasteiger partial charge in [-0.25, -0.2) is 8.78 Å². The van der Waals surface area contributed by atoms with Gasteiger partial charge in [0, 0.05) is 38.0 Å². The molecule has 2 amide bonds. The van der Waals surface area contributed by atoms with Gasteiger partial charge in [0.25, 0.3) is 0 Å². The van der Waals surface area contributed by atoms with Crippen molar-refractivity contribution in [2.24, 2.45) is 5.73 Å². The molecule has 2 aliphatic rings. The number of hydrogen-bond donors (Lipinski definition) is 2. The molecule has 0 radical (unpaired) electrons. The monoisotopic (exact) mass is 560 g/mol. The molecule has 0 spiro atoms. The summed E-state index contributed by atoms with van der Waals surface area (Å²) in [6, 6.07) is 22.4. The summed E-state index contributed by atoms with van der Waals surface area (Å²) in [5.74, 6) is -2.03. The smallest absolute Gasteiger partial charge is 0.245 e. The third-order valence-corrected chi connectivity index (χ3v) is 8.43. The van der Waals surface area contributed by atoms with Gasteiger partial charge in [-0.2, -0.15) is 0 Å². The van der Waals surface area contributed by atoms with Crippen molar-refractivity contribution in [1.82, 2.24) is 15.1 Å². The Balaban J connectivity index is 1.37. The molecule has 3 N–H and O–H groups in total. The van der Waals surface area contributed by atoms with Crippen LogP contribution in [0.3, 0.4) is 0 Å². The van der Waals surface area contributed by atoms with Crippen molar-refractivity contribution in [3.63, 3.8) is 0 Å². The zero-order valence-corrected chi connectivity index (χ0v) is 23.4. The summed E-state index contributed by atoms with van der Waals surface area (Å²) in [5, 5.41) is 2.79. The molecule has 8 heteroatoms. The van der Waals surface area contributed by atoms with Crippen LogP contribution in [0.25, 0.3) is 0 Å². The molecular weight excluding hydrogens is 522 g/mol. The molecule has 6 nitrogen and oxygen atoms in total. The number of nitrogens with zero attached hydrogens (tertiary/aromatic N) is 2. The molecule has 3 aromatic rings. The summed E-state index contributed by atoms with van der Waals surface area (Å²) in [6.07, 6.45) is 1.91. The fourth-order valence-electron chi connectivity index (χ4n) is 6.23. The molecule has 2 heterocycles. The molecule has 0 unspecified atom stereocenters. The molecule has 2 aliphatic heterocycles. The first kappa shape index (κ1) is 28.9. The predicted molar refractivity (Wildman–Crippen MR) is 155 cm³/mol. The molecule has 5 rings (SSSR count). The third-order valence-electron chi connectivity index (χ3n) is 8.43. The van der Waals surface area contributed by atoms with Gasteiger partial charge in [0.1, 0.15) is 6.04 Å². The normalized spacial score (nSPS) is 22.4. The molecule has 0 bridgehead atoms. The van der Waals surface area contributed by atoms with Crippen molar-refractivity contribution in [3.05, 3.63) is 107 Å². The van der Waals surface area contributed by atoms with E-state index < -0.39 is 29.6 Å². The lowest BCUT2D eigenvalue weighted by Crippen LogP contribution is -2.55. The van der Waals surface area contributed by atoms with E-state index >= 15 is 0 Å². The molecule has 216 valence electrons. The second-order valence-electron chi connectivity index (χ2n) is 11.4. The molecule has 41 heavy (non-hydrogen) atoms. The molecule has 0 aliphatic carbocycles. The molecule has 2 saturated heterocycles. The Morgan fingerprint density at radius 2 is 1.59 bits per heavy atom. The van der Waals surface area contributed by atoms with Crippen LogP contribution >= 0.6 is 0 Å². The van der Waals surface area contributed by atoms with Gasteiger partial charge in [-0.15, -0.1) is 0 Å². The average Bonchev–Trinajstić information content (AvgIpc) is 3.63.